The molecule has 0 spiro atoms. The highest BCUT2D eigenvalue weighted by Gasteiger charge is 2.04. The van der Waals surface area contributed by atoms with Crippen LogP contribution in [0.15, 0.2) is 42.7 Å². The molecule has 0 N–H and O–H groups in total. The van der Waals surface area contributed by atoms with Crippen molar-refractivity contribution in [2.45, 2.75) is 11.8 Å². The van der Waals surface area contributed by atoms with Crippen LogP contribution >= 0.6 is 15.9 Å². The van der Waals surface area contributed by atoms with E-state index in [1.807, 2.05) is 30.5 Å². The molecule has 100 valence electrons. The topological polar surface area (TPSA) is 31.4 Å². The summed E-state index contributed by atoms with van der Waals surface area (Å²) in [6.07, 6.45) is 4.49. The van der Waals surface area contributed by atoms with E-state index >= 15 is 0 Å². The standard InChI is InChI=1S/C15H16BrNO2/c1-18-14-4-5-15(13(9-14)10-16)19-8-6-12-3-2-7-17-11-12/h2-5,7,9,11H,6,8,10H2,1H3. The van der Waals surface area contributed by atoms with Crippen LogP contribution in [-0.4, -0.2) is 18.7 Å². The Bertz CT molecular complexity index is 517. The SMILES string of the molecule is COc1ccc(OCCc2cccnc2)c(CBr)c1. The first-order chi connectivity index (χ1) is 9.33. The van der Waals surface area contributed by atoms with E-state index in [2.05, 4.69) is 27.0 Å². The van der Waals surface area contributed by atoms with E-state index in [1.54, 1.807) is 13.3 Å². The van der Waals surface area contributed by atoms with Crippen LogP contribution in [0.1, 0.15) is 11.1 Å². The third-order valence-corrected chi connectivity index (χ3v) is 3.39. The first-order valence-electron chi connectivity index (χ1n) is 6.08. The van der Waals surface area contributed by atoms with E-state index in [4.69, 9.17) is 9.47 Å². The molecule has 2 rings (SSSR count). The number of aromatic nitrogens is 1. The van der Waals surface area contributed by atoms with E-state index in [9.17, 15) is 0 Å². The Labute approximate surface area is 121 Å². The number of methoxy groups -OCH3 is 1. The molecule has 19 heavy (non-hydrogen) atoms. The minimum Gasteiger partial charge on any atom is -0.497 e. The predicted octanol–water partition coefficient (Wildman–Crippen LogP) is 3.61. The van der Waals surface area contributed by atoms with Crippen LogP contribution in [0.5, 0.6) is 11.5 Å². The molecule has 0 saturated heterocycles. The second-order valence-electron chi connectivity index (χ2n) is 4.07. The molecule has 4 heteroatoms. The summed E-state index contributed by atoms with van der Waals surface area (Å²) in [6, 6.07) is 9.82. The van der Waals surface area contributed by atoms with Gasteiger partial charge in [-0.3, -0.25) is 4.98 Å². The summed E-state index contributed by atoms with van der Waals surface area (Å²) in [5.41, 5.74) is 2.27. The number of hydrogen-bond acceptors (Lipinski definition) is 3. The number of nitrogens with zero attached hydrogens (tertiary/aromatic N) is 1. The van der Waals surface area contributed by atoms with Crippen molar-refractivity contribution in [2.75, 3.05) is 13.7 Å². The second-order valence-corrected chi connectivity index (χ2v) is 4.63. The lowest BCUT2D eigenvalue weighted by molar-refractivity contribution is 0.318. The van der Waals surface area contributed by atoms with E-state index in [0.717, 1.165) is 28.8 Å². The molecule has 0 fully saturated rings. The van der Waals surface area contributed by atoms with Gasteiger partial charge in [-0.05, 0) is 29.8 Å². The number of rotatable bonds is 6. The Kier molecular flexibility index (Phi) is 5.21. The third-order valence-electron chi connectivity index (χ3n) is 2.78. The fraction of sp³-hybridized carbons (Fsp3) is 0.267. The van der Waals surface area contributed by atoms with E-state index in [-0.39, 0.29) is 0 Å². The van der Waals surface area contributed by atoms with E-state index in [0.29, 0.717) is 6.61 Å². The van der Waals surface area contributed by atoms with Crippen LogP contribution in [0.2, 0.25) is 0 Å². The normalized spacial score (nSPS) is 10.2. The number of halogens is 1. The average molecular weight is 322 g/mol. The van der Waals surface area contributed by atoms with Crippen molar-refractivity contribution in [3.05, 3.63) is 53.9 Å². The molecule has 3 nitrogen and oxygen atoms in total. The van der Waals surface area contributed by atoms with Gasteiger partial charge in [-0.2, -0.15) is 0 Å². The zero-order valence-corrected chi connectivity index (χ0v) is 12.4. The monoisotopic (exact) mass is 321 g/mol. The molecule has 0 aliphatic heterocycles. The lowest BCUT2D eigenvalue weighted by Crippen LogP contribution is -2.03. The maximum absolute atomic E-state index is 5.82. The van der Waals surface area contributed by atoms with Gasteiger partial charge in [0.05, 0.1) is 13.7 Å². The van der Waals surface area contributed by atoms with Gasteiger partial charge in [-0.15, -0.1) is 0 Å². The lowest BCUT2D eigenvalue weighted by Gasteiger charge is -2.11. The van der Waals surface area contributed by atoms with Crippen LogP contribution in [-0.2, 0) is 11.8 Å². The van der Waals surface area contributed by atoms with Crippen LogP contribution < -0.4 is 9.47 Å². The predicted molar refractivity (Wildman–Crippen MR) is 79.1 cm³/mol. The summed E-state index contributed by atoms with van der Waals surface area (Å²) in [7, 11) is 1.66. The Morgan fingerprint density at radius 2 is 2.16 bits per heavy atom. The number of ether oxygens (including phenoxy) is 2. The molecule has 0 aliphatic carbocycles. The quantitative estimate of drug-likeness (QED) is 0.762. The van der Waals surface area contributed by atoms with Gasteiger partial charge < -0.3 is 9.47 Å². The summed E-state index contributed by atoms with van der Waals surface area (Å²) in [6.45, 7) is 0.637. The summed E-state index contributed by atoms with van der Waals surface area (Å²) >= 11 is 3.46. The Morgan fingerprint density at radius 1 is 1.26 bits per heavy atom. The van der Waals surface area contributed by atoms with Crippen LogP contribution in [0, 0.1) is 0 Å². The molecule has 0 unspecified atom stereocenters. The second kappa shape index (κ2) is 7.14. The van der Waals surface area contributed by atoms with Crippen molar-refractivity contribution < 1.29 is 9.47 Å². The Balaban J connectivity index is 1.96. The molecular weight excluding hydrogens is 306 g/mol. The molecular formula is C15H16BrNO2. The molecule has 0 bridgehead atoms. The average Bonchev–Trinajstić information content (AvgIpc) is 2.48. The van der Waals surface area contributed by atoms with Gasteiger partial charge in [-0.25, -0.2) is 0 Å². The van der Waals surface area contributed by atoms with Crippen molar-refractivity contribution in [1.82, 2.24) is 4.98 Å². The van der Waals surface area contributed by atoms with Gasteiger partial charge in [0.2, 0.25) is 0 Å². The maximum atomic E-state index is 5.82. The molecule has 0 amide bonds. The molecule has 1 aromatic heterocycles. The maximum Gasteiger partial charge on any atom is 0.123 e. The van der Waals surface area contributed by atoms with Crippen LogP contribution in [0.4, 0.5) is 0 Å². The number of pyridine rings is 1. The van der Waals surface area contributed by atoms with Gasteiger partial charge in [0.25, 0.3) is 0 Å². The van der Waals surface area contributed by atoms with Gasteiger partial charge in [0.15, 0.2) is 0 Å². The summed E-state index contributed by atoms with van der Waals surface area (Å²) in [4.78, 5) is 4.09. The van der Waals surface area contributed by atoms with Crippen molar-refractivity contribution in [3.8, 4) is 11.5 Å². The van der Waals surface area contributed by atoms with Gasteiger partial charge in [0, 0.05) is 29.7 Å². The smallest absolute Gasteiger partial charge is 0.123 e. The number of alkyl halides is 1. The summed E-state index contributed by atoms with van der Waals surface area (Å²) < 4.78 is 11.0. The highest BCUT2D eigenvalue weighted by Crippen LogP contribution is 2.26. The van der Waals surface area contributed by atoms with Gasteiger partial charge >= 0.3 is 0 Å². The number of benzene rings is 1. The summed E-state index contributed by atoms with van der Waals surface area (Å²) in [5, 5.41) is 0.742. The first-order valence-corrected chi connectivity index (χ1v) is 7.20. The number of hydrogen-bond donors (Lipinski definition) is 0. The fourth-order valence-electron chi connectivity index (χ4n) is 1.75. The first kappa shape index (κ1) is 13.9. The zero-order valence-electron chi connectivity index (χ0n) is 10.8. The van der Waals surface area contributed by atoms with Crippen molar-refractivity contribution in [2.24, 2.45) is 0 Å². The minimum atomic E-state index is 0.637. The third kappa shape index (κ3) is 3.96. The Morgan fingerprint density at radius 3 is 2.84 bits per heavy atom. The van der Waals surface area contributed by atoms with E-state index < -0.39 is 0 Å². The zero-order chi connectivity index (χ0) is 13.5. The summed E-state index contributed by atoms with van der Waals surface area (Å²) in [5.74, 6) is 1.73. The van der Waals surface area contributed by atoms with Crippen molar-refractivity contribution in [3.63, 3.8) is 0 Å². The largest absolute Gasteiger partial charge is 0.497 e. The molecule has 0 atom stereocenters. The highest BCUT2D eigenvalue weighted by atomic mass is 79.9. The van der Waals surface area contributed by atoms with Gasteiger partial charge in [0.1, 0.15) is 11.5 Å². The van der Waals surface area contributed by atoms with Crippen LogP contribution in [0.3, 0.4) is 0 Å². The molecule has 0 saturated carbocycles. The van der Waals surface area contributed by atoms with Gasteiger partial charge in [-0.1, -0.05) is 22.0 Å². The van der Waals surface area contributed by atoms with Crippen LogP contribution in [0.25, 0.3) is 0 Å². The van der Waals surface area contributed by atoms with Crippen molar-refractivity contribution in [1.29, 1.82) is 0 Å². The lowest BCUT2D eigenvalue weighted by atomic mass is 10.2. The van der Waals surface area contributed by atoms with E-state index in [1.165, 1.54) is 5.56 Å². The molecule has 2 aromatic rings. The van der Waals surface area contributed by atoms with Crippen molar-refractivity contribution >= 4 is 15.9 Å². The molecule has 1 aromatic carbocycles. The fourth-order valence-corrected chi connectivity index (χ4v) is 2.19. The minimum absolute atomic E-state index is 0.637. The Hall–Kier alpha value is -1.55. The molecule has 1 heterocycles. The molecule has 0 radical (unpaired) electrons. The molecule has 0 aliphatic rings. The highest BCUT2D eigenvalue weighted by molar-refractivity contribution is 9.08.